The van der Waals surface area contributed by atoms with Gasteiger partial charge in [-0.05, 0) is 79.5 Å². The summed E-state index contributed by atoms with van der Waals surface area (Å²) < 4.78 is 5.18. The van der Waals surface area contributed by atoms with Gasteiger partial charge in [0.05, 0.1) is 12.6 Å². The predicted octanol–water partition coefficient (Wildman–Crippen LogP) is 11.7. The van der Waals surface area contributed by atoms with Gasteiger partial charge in [-0.2, -0.15) is 0 Å². The van der Waals surface area contributed by atoms with E-state index in [1.165, 1.54) is 94.9 Å². The Kier molecular flexibility index (Phi) is 104. The van der Waals surface area contributed by atoms with E-state index in [0.717, 1.165) is 50.2 Å². The number of hydrogen-bond donors (Lipinski definition) is 6. The first-order valence-electron chi connectivity index (χ1n) is 28.9. The number of nitrogens with two attached hydrogens (primary N) is 2. The molecule has 0 bridgehead atoms. The van der Waals surface area contributed by atoms with E-state index in [9.17, 15) is 33.9 Å². The molecule has 14 nitrogen and oxygen atoms in total. The van der Waals surface area contributed by atoms with Gasteiger partial charge in [0.15, 0.2) is 0 Å². The number of unbranched alkanes of at least 4 members (excludes halogenated alkanes) is 13. The Balaban J connectivity index is -0.000000143. The molecule has 0 rings (SSSR count). The van der Waals surface area contributed by atoms with Crippen molar-refractivity contribution < 1.29 is 88.6 Å². The van der Waals surface area contributed by atoms with Crippen LogP contribution in [-0.2, 0) is 33.5 Å². The van der Waals surface area contributed by atoms with Crippen LogP contribution in [-0.4, -0.2) is 82.4 Å². The molecule has 0 heterocycles. The van der Waals surface area contributed by atoms with Crippen LogP contribution in [0.5, 0.6) is 0 Å². The number of aliphatic hydroxyl groups is 1. The zero-order valence-electron chi connectivity index (χ0n) is 52.8. The third-order valence-corrected chi connectivity index (χ3v) is 9.54. The van der Waals surface area contributed by atoms with Crippen LogP contribution in [0.15, 0.2) is 219 Å². The summed E-state index contributed by atoms with van der Waals surface area (Å²) in [6.45, 7) is 14.9. The summed E-state index contributed by atoms with van der Waals surface area (Å²) in [5, 5.41) is 42.7. The summed E-state index contributed by atoms with van der Waals surface area (Å²) in [6, 6.07) is -0.827. The van der Waals surface area contributed by atoms with Gasteiger partial charge in [-0.15, -0.1) is 0 Å². The standard InChI is InChI=1S/C24H42O2.3C8H10O2.C8H12O.C8H10O.C6H14N2O2.Na/c1-3-5-7-9-11-12-13-14-15-16-17-18-20-22-24(25)26-23-21-19-10-8-6-4-2;3*1-2-3-4-5-6-7-8(9)10;2*1-2-3-4-5-6-7-8-9;7-4-2-1-3-5(8)6(9)10;/h4,6,8,10,19,21H,3,5,7,9,11-18,20,22-23H2,1-2H3;3*2-7H,1H3,(H,9,10);2-7,9H,8H2,1H3;2-8H,1H3;5H,1-4,7-8H2,(H,9,10);/q;;;;;;;+1/p-1/t;;;;;;5-;/m......0./s1. The molecule has 0 radical (unpaired) electrons. The summed E-state index contributed by atoms with van der Waals surface area (Å²) >= 11 is 0. The molecule has 0 aromatic rings. The van der Waals surface area contributed by atoms with Crippen LogP contribution in [0.3, 0.4) is 0 Å². The Hall–Kier alpha value is -6.78. The largest absolute Gasteiger partial charge is 1.00 e. The number of hydrogen-bond acceptors (Lipinski definition) is 11. The maximum atomic E-state index is 11.6. The third-order valence-electron chi connectivity index (χ3n) is 9.54. The van der Waals surface area contributed by atoms with Crippen LogP contribution in [0, 0.1) is 0 Å². The minimum Gasteiger partial charge on any atom is -0.548 e. The fourth-order valence-electron chi connectivity index (χ4n) is 5.36. The van der Waals surface area contributed by atoms with Gasteiger partial charge in [0.1, 0.15) is 12.9 Å². The molecule has 0 unspecified atom stereocenters. The average Bonchev–Trinajstić information content (AvgIpc) is 3.47. The Bertz CT molecular complexity index is 1990. The molecular weight excluding hydrogens is 1080 g/mol. The molecule has 0 aromatic carbocycles. The van der Waals surface area contributed by atoms with Crippen molar-refractivity contribution in [3.05, 3.63) is 219 Å². The molecule has 85 heavy (non-hydrogen) atoms. The first kappa shape index (κ1) is 94.6. The van der Waals surface area contributed by atoms with Crippen LogP contribution in [0.25, 0.3) is 0 Å². The minimum atomic E-state index is -1.18. The molecule has 0 aromatic heterocycles. The zero-order chi connectivity index (χ0) is 64.5. The van der Waals surface area contributed by atoms with E-state index >= 15 is 0 Å². The van der Waals surface area contributed by atoms with Crippen LogP contribution < -0.4 is 46.1 Å². The Morgan fingerprint density at radius 1 is 0.435 bits per heavy atom. The molecule has 1 atom stereocenters. The van der Waals surface area contributed by atoms with Crippen molar-refractivity contribution in [3.63, 3.8) is 0 Å². The molecule has 0 amide bonds. The molecule has 0 saturated carbocycles. The van der Waals surface area contributed by atoms with Crippen molar-refractivity contribution >= 4 is 36.1 Å². The number of carboxylic acid groups (broad SMARTS) is 4. The van der Waals surface area contributed by atoms with Crippen molar-refractivity contribution in [2.45, 2.75) is 164 Å². The van der Waals surface area contributed by atoms with Gasteiger partial charge in [-0.1, -0.05) is 279 Å². The first-order valence-corrected chi connectivity index (χ1v) is 28.9. The van der Waals surface area contributed by atoms with E-state index in [1.807, 2.05) is 157 Å². The Morgan fingerprint density at radius 3 is 1.05 bits per heavy atom. The number of ether oxygens (including phenoxy) is 1. The molecule has 470 valence electrons. The Labute approximate surface area is 535 Å². The van der Waals surface area contributed by atoms with Gasteiger partial charge in [0, 0.05) is 30.7 Å². The normalized spacial score (nSPS) is 12.1. The van der Waals surface area contributed by atoms with E-state index in [2.05, 4.69) is 6.92 Å². The minimum absolute atomic E-state index is 0. The van der Waals surface area contributed by atoms with Gasteiger partial charge in [0.2, 0.25) is 0 Å². The van der Waals surface area contributed by atoms with Gasteiger partial charge in [-0.25, -0.2) is 14.4 Å². The maximum absolute atomic E-state index is 11.6. The number of carbonyl (C=O) groups excluding carboxylic acids is 3. The van der Waals surface area contributed by atoms with E-state index in [0.29, 0.717) is 26.0 Å². The fourth-order valence-corrected chi connectivity index (χ4v) is 5.36. The average molecular weight is 1190 g/mol. The molecule has 8 N–H and O–H groups in total. The summed E-state index contributed by atoms with van der Waals surface area (Å²) in [7, 11) is 0. The van der Waals surface area contributed by atoms with Gasteiger partial charge >= 0.3 is 53.4 Å². The zero-order valence-corrected chi connectivity index (χ0v) is 54.8. The number of aliphatic carboxylic acids is 4. The van der Waals surface area contributed by atoms with Crippen molar-refractivity contribution in [2.75, 3.05) is 19.8 Å². The third kappa shape index (κ3) is 125. The van der Waals surface area contributed by atoms with E-state index in [-0.39, 0.29) is 42.1 Å². The molecular formula is C70H107N2NaO12. The molecule has 0 spiro atoms. The number of aldehydes is 1. The van der Waals surface area contributed by atoms with Crippen molar-refractivity contribution in [1.82, 2.24) is 0 Å². The van der Waals surface area contributed by atoms with Crippen LogP contribution in [0.2, 0.25) is 0 Å². The van der Waals surface area contributed by atoms with Crippen molar-refractivity contribution in [3.8, 4) is 0 Å². The predicted molar refractivity (Wildman–Crippen MR) is 352 cm³/mol. The van der Waals surface area contributed by atoms with Crippen molar-refractivity contribution in [2.24, 2.45) is 11.5 Å². The number of allylic oxidation sites excluding steroid dienone is 31. The SMILES string of the molecule is CC=CC=CC=CC(=O)O.CC=CC=CC=CC(=O)O.CC=CC=CC=CC(=O)O.CC=CC=CC=CC=O.CC=CC=CC=CCO.CC=CC=CC=CCOC(=O)CCCCCCCCCCCCCCC.NCCCC[C@H](N)C(=O)[O-].[Na+]. The van der Waals surface area contributed by atoms with Crippen LogP contribution in [0.1, 0.15) is 158 Å². The number of aliphatic hydroxyl groups excluding tert-OH is 1. The molecule has 0 aliphatic heterocycles. The molecule has 0 saturated heterocycles. The maximum Gasteiger partial charge on any atom is 1.00 e. The van der Waals surface area contributed by atoms with Crippen LogP contribution in [0.4, 0.5) is 0 Å². The summed E-state index contributed by atoms with van der Waals surface area (Å²) in [6.07, 6.45) is 82.9. The molecule has 15 heteroatoms. The fraction of sp³-hybridized carbons (Fsp3) is 0.400. The quantitative estimate of drug-likeness (QED) is 0.00838. The Morgan fingerprint density at radius 2 is 0.741 bits per heavy atom. The van der Waals surface area contributed by atoms with Gasteiger partial charge in [0.25, 0.3) is 0 Å². The summed E-state index contributed by atoms with van der Waals surface area (Å²) in [5.41, 5.74) is 10.3. The van der Waals surface area contributed by atoms with E-state index in [1.54, 1.807) is 60.8 Å². The monoisotopic (exact) mass is 1190 g/mol. The molecule has 0 fully saturated rings. The summed E-state index contributed by atoms with van der Waals surface area (Å²) in [5.74, 6) is -4.03. The number of carboxylic acids is 4. The van der Waals surface area contributed by atoms with E-state index in [4.69, 9.17) is 36.6 Å². The number of esters is 1. The molecule has 0 aliphatic rings. The number of rotatable bonds is 38. The summed E-state index contributed by atoms with van der Waals surface area (Å²) in [4.78, 5) is 61.0. The second kappa shape index (κ2) is 93.6. The second-order valence-electron chi connectivity index (χ2n) is 17.0. The van der Waals surface area contributed by atoms with Gasteiger partial charge < -0.3 is 46.5 Å². The van der Waals surface area contributed by atoms with Crippen LogP contribution >= 0.6 is 0 Å². The topological polar surface area (TPSA) is 268 Å². The first-order chi connectivity index (χ1) is 40.6. The van der Waals surface area contributed by atoms with E-state index < -0.39 is 29.9 Å². The van der Waals surface area contributed by atoms with Gasteiger partial charge in [-0.3, -0.25) is 9.59 Å². The molecule has 0 aliphatic carbocycles. The smallest absolute Gasteiger partial charge is 0.548 e. The van der Waals surface area contributed by atoms with Crippen molar-refractivity contribution in [1.29, 1.82) is 0 Å². The number of carbonyl (C=O) groups is 6. The second-order valence-corrected chi connectivity index (χ2v) is 17.0.